The number of aromatic nitrogens is 4. The van der Waals surface area contributed by atoms with E-state index in [1.807, 2.05) is 30.3 Å². The molecule has 0 radical (unpaired) electrons. The van der Waals surface area contributed by atoms with Gasteiger partial charge in [0.05, 0.1) is 33.6 Å². The van der Waals surface area contributed by atoms with Crippen LogP contribution in [-0.4, -0.2) is 83.5 Å². The van der Waals surface area contributed by atoms with Gasteiger partial charge in [-0.05, 0) is 46.8 Å². The highest BCUT2D eigenvalue weighted by molar-refractivity contribution is 5.93. The van der Waals surface area contributed by atoms with Crippen molar-refractivity contribution < 1.29 is 19.0 Å². The lowest BCUT2D eigenvalue weighted by atomic mass is 10.2. The van der Waals surface area contributed by atoms with Crippen LogP contribution in [0.1, 0.15) is 5.82 Å². The summed E-state index contributed by atoms with van der Waals surface area (Å²) in [5.41, 5.74) is 1.38. The second-order valence-electron chi connectivity index (χ2n) is 7.44. The molecule has 0 bridgehead atoms. The molecule has 3 aromatic rings. The smallest absolute Gasteiger partial charge is 0.322 e. The van der Waals surface area contributed by atoms with E-state index in [-0.39, 0.29) is 6.03 Å². The number of nitrogens with one attached hydrogen (secondary N) is 1. The SMILES string of the molecule is COc1ccc(-n2nnnc2CN2CCN(C(=O)Nc3c(OC)cccc3OC)CC2)cc1. The molecule has 0 spiro atoms. The van der Waals surface area contributed by atoms with Gasteiger partial charge < -0.3 is 24.4 Å². The Morgan fingerprint density at radius 1 is 0.939 bits per heavy atom. The van der Waals surface area contributed by atoms with E-state index in [9.17, 15) is 4.79 Å². The summed E-state index contributed by atoms with van der Waals surface area (Å²) in [6.07, 6.45) is 0. The number of benzene rings is 2. The zero-order chi connectivity index (χ0) is 23.2. The molecule has 2 amide bonds. The quantitative estimate of drug-likeness (QED) is 0.579. The van der Waals surface area contributed by atoms with Gasteiger partial charge in [0.1, 0.15) is 22.9 Å². The molecular weight excluding hydrogens is 426 g/mol. The molecule has 174 valence electrons. The predicted molar refractivity (Wildman–Crippen MR) is 121 cm³/mol. The van der Waals surface area contributed by atoms with Crippen LogP contribution in [0.5, 0.6) is 17.2 Å². The van der Waals surface area contributed by atoms with Gasteiger partial charge in [0, 0.05) is 26.2 Å². The lowest BCUT2D eigenvalue weighted by Gasteiger charge is -2.34. The van der Waals surface area contributed by atoms with Crippen molar-refractivity contribution in [2.45, 2.75) is 6.54 Å². The maximum Gasteiger partial charge on any atom is 0.322 e. The van der Waals surface area contributed by atoms with Crippen LogP contribution in [-0.2, 0) is 6.54 Å². The van der Waals surface area contributed by atoms with Crippen molar-refractivity contribution in [3.8, 4) is 22.9 Å². The highest BCUT2D eigenvalue weighted by Crippen LogP contribution is 2.34. The number of urea groups is 1. The number of tetrazole rings is 1. The van der Waals surface area contributed by atoms with Gasteiger partial charge in [-0.1, -0.05) is 6.07 Å². The molecule has 0 aliphatic carbocycles. The Kier molecular flexibility index (Phi) is 6.89. The van der Waals surface area contributed by atoms with Crippen molar-refractivity contribution in [2.75, 3.05) is 52.8 Å². The normalized spacial score (nSPS) is 14.1. The minimum Gasteiger partial charge on any atom is -0.497 e. The van der Waals surface area contributed by atoms with E-state index < -0.39 is 0 Å². The molecular formula is C22H27N7O4. The van der Waals surface area contributed by atoms with Crippen LogP contribution < -0.4 is 19.5 Å². The highest BCUT2D eigenvalue weighted by Gasteiger charge is 2.24. The van der Waals surface area contributed by atoms with E-state index in [0.717, 1.165) is 17.3 Å². The van der Waals surface area contributed by atoms with Crippen LogP contribution >= 0.6 is 0 Å². The molecule has 2 aromatic carbocycles. The van der Waals surface area contributed by atoms with Gasteiger partial charge in [0.15, 0.2) is 5.82 Å². The third-order valence-corrected chi connectivity index (χ3v) is 5.54. The van der Waals surface area contributed by atoms with Gasteiger partial charge in [-0.25, -0.2) is 4.79 Å². The number of carbonyl (C=O) groups excluding carboxylic acids is 1. The standard InChI is InChI=1S/C22H27N7O4/c1-31-17-9-7-16(8-10-17)29-20(24-25-26-29)15-27-11-13-28(14-12-27)22(30)23-21-18(32-2)5-4-6-19(21)33-3/h4-10H,11-15H2,1-3H3,(H,23,30). The van der Waals surface area contributed by atoms with Crippen LogP contribution in [0.25, 0.3) is 5.69 Å². The Morgan fingerprint density at radius 2 is 1.61 bits per heavy atom. The number of nitrogens with zero attached hydrogens (tertiary/aromatic N) is 6. The number of amides is 2. The van der Waals surface area contributed by atoms with Crippen molar-refractivity contribution in [1.82, 2.24) is 30.0 Å². The van der Waals surface area contributed by atoms with E-state index in [1.165, 1.54) is 0 Å². The summed E-state index contributed by atoms with van der Waals surface area (Å²) in [5.74, 6) is 2.60. The molecule has 11 nitrogen and oxygen atoms in total. The largest absolute Gasteiger partial charge is 0.497 e. The maximum atomic E-state index is 12.9. The van der Waals surface area contributed by atoms with E-state index >= 15 is 0 Å². The first kappa shape index (κ1) is 22.3. The number of para-hydroxylation sites is 1. The highest BCUT2D eigenvalue weighted by atomic mass is 16.5. The van der Waals surface area contributed by atoms with Crippen molar-refractivity contribution in [1.29, 1.82) is 0 Å². The number of piperazine rings is 1. The van der Waals surface area contributed by atoms with Gasteiger partial charge in [-0.3, -0.25) is 4.90 Å². The van der Waals surface area contributed by atoms with E-state index in [0.29, 0.717) is 49.9 Å². The van der Waals surface area contributed by atoms with Gasteiger partial charge in [-0.15, -0.1) is 5.10 Å². The fraction of sp³-hybridized carbons (Fsp3) is 0.364. The first-order valence-electron chi connectivity index (χ1n) is 10.5. The molecule has 11 heteroatoms. The average molecular weight is 454 g/mol. The molecule has 1 aliphatic rings. The molecule has 1 saturated heterocycles. The molecule has 0 unspecified atom stereocenters. The molecule has 2 heterocycles. The number of methoxy groups -OCH3 is 3. The number of hydrogen-bond acceptors (Lipinski definition) is 8. The summed E-state index contributed by atoms with van der Waals surface area (Å²) in [6.45, 7) is 3.13. The summed E-state index contributed by atoms with van der Waals surface area (Å²) in [4.78, 5) is 16.9. The Balaban J connectivity index is 1.36. The van der Waals surface area contributed by atoms with Crippen LogP contribution in [0.2, 0.25) is 0 Å². The molecule has 0 atom stereocenters. The summed E-state index contributed by atoms with van der Waals surface area (Å²) < 4.78 is 17.7. The Hall–Kier alpha value is -3.86. The van der Waals surface area contributed by atoms with Gasteiger partial charge in [0.2, 0.25) is 0 Å². The number of carbonyl (C=O) groups is 1. The summed E-state index contributed by atoms with van der Waals surface area (Å²) in [7, 11) is 4.75. The second kappa shape index (κ2) is 10.2. The zero-order valence-corrected chi connectivity index (χ0v) is 18.9. The van der Waals surface area contributed by atoms with Crippen LogP contribution in [0.15, 0.2) is 42.5 Å². The fourth-order valence-corrected chi connectivity index (χ4v) is 3.70. The monoisotopic (exact) mass is 453 g/mol. The summed E-state index contributed by atoms with van der Waals surface area (Å²) in [6, 6.07) is 12.7. The Bertz CT molecular complexity index is 1060. The molecule has 0 saturated carbocycles. The predicted octanol–water partition coefficient (Wildman–Crippen LogP) is 2.04. The van der Waals surface area contributed by atoms with Gasteiger partial charge in [0.25, 0.3) is 0 Å². The minimum atomic E-state index is -0.194. The molecule has 1 fully saturated rings. The fourth-order valence-electron chi connectivity index (χ4n) is 3.70. The lowest BCUT2D eigenvalue weighted by Crippen LogP contribution is -2.49. The third-order valence-electron chi connectivity index (χ3n) is 5.54. The van der Waals surface area contributed by atoms with Crippen molar-refractivity contribution in [3.05, 3.63) is 48.3 Å². The van der Waals surface area contributed by atoms with Gasteiger partial charge >= 0.3 is 6.03 Å². The summed E-state index contributed by atoms with van der Waals surface area (Å²) in [5, 5.41) is 15.1. The van der Waals surface area contributed by atoms with Crippen LogP contribution in [0.4, 0.5) is 10.5 Å². The van der Waals surface area contributed by atoms with Crippen molar-refractivity contribution in [2.24, 2.45) is 0 Å². The number of anilines is 1. The number of rotatable bonds is 7. The maximum absolute atomic E-state index is 12.9. The van der Waals surface area contributed by atoms with Crippen molar-refractivity contribution >= 4 is 11.7 Å². The first-order chi connectivity index (χ1) is 16.1. The number of hydrogen-bond donors (Lipinski definition) is 1. The average Bonchev–Trinajstić information content (AvgIpc) is 3.32. The van der Waals surface area contributed by atoms with Gasteiger partial charge in [-0.2, -0.15) is 4.68 Å². The molecule has 1 aromatic heterocycles. The third kappa shape index (κ3) is 4.98. The minimum absolute atomic E-state index is 0.194. The molecule has 33 heavy (non-hydrogen) atoms. The number of ether oxygens (including phenoxy) is 3. The van der Waals surface area contributed by atoms with Crippen molar-refractivity contribution in [3.63, 3.8) is 0 Å². The Labute approximate surface area is 191 Å². The lowest BCUT2D eigenvalue weighted by molar-refractivity contribution is 0.140. The van der Waals surface area contributed by atoms with E-state index in [4.69, 9.17) is 14.2 Å². The van der Waals surface area contributed by atoms with Crippen LogP contribution in [0, 0.1) is 0 Å². The summed E-state index contributed by atoms with van der Waals surface area (Å²) >= 11 is 0. The zero-order valence-electron chi connectivity index (χ0n) is 18.9. The first-order valence-corrected chi connectivity index (χ1v) is 10.5. The topological polar surface area (TPSA) is 107 Å². The van der Waals surface area contributed by atoms with E-state index in [2.05, 4.69) is 25.7 Å². The molecule has 1 N–H and O–H groups in total. The second-order valence-corrected chi connectivity index (χ2v) is 7.44. The van der Waals surface area contributed by atoms with E-state index in [1.54, 1.807) is 43.0 Å². The molecule has 4 rings (SSSR count). The van der Waals surface area contributed by atoms with Crippen LogP contribution in [0.3, 0.4) is 0 Å². The Morgan fingerprint density at radius 3 is 2.21 bits per heavy atom. The molecule has 1 aliphatic heterocycles.